The Kier molecular flexibility index (Phi) is 8.06. The normalized spacial score (nSPS) is 11.5. The van der Waals surface area contributed by atoms with Crippen LogP contribution in [-0.2, 0) is 16.3 Å². The number of methoxy groups -OCH3 is 2. The molecule has 0 saturated carbocycles. The summed E-state index contributed by atoms with van der Waals surface area (Å²) >= 11 is 0. The number of aromatic hydroxyl groups is 1. The third-order valence-electron chi connectivity index (χ3n) is 6.26. The molecule has 0 aliphatic carbocycles. The van der Waals surface area contributed by atoms with E-state index in [2.05, 4.69) is 4.98 Å². The van der Waals surface area contributed by atoms with E-state index in [-0.39, 0.29) is 45.8 Å². The van der Waals surface area contributed by atoms with Crippen molar-refractivity contribution in [2.24, 2.45) is 5.92 Å². The molecule has 1 N–H and O–H groups in total. The number of aromatic nitrogens is 2. The van der Waals surface area contributed by atoms with Crippen molar-refractivity contribution < 1.29 is 27.4 Å². The van der Waals surface area contributed by atoms with E-state index in [1.807, 2.05) is 13.8 Å². The fourth-order valence-electron chi connectivity index (χ4n) is 4.32. The lowest BCUT2D eigenvalue weighted by atomic mass is 10.1. The van der Waals surface area contributed by atoms with Gasteiger partial charge in [-0.1, -0.05) is 50.2 Å². The van der Waals surface area contributed by atoms with Crippen LogP contribution in [-0.4, -0.2) is 37.3 Å². The van der Waals surface area contributed by atoms with Gasteiger partial charge in [0.2, 0.25) is 15.7 Å². The number of benzene rings is 3. The summed E-state index contributed by atoms with van der Waals surface area (Å²) in [7, 11) is -1.79. The van der Waals surface area contributed by atoms with Gasteiger partial charge >= 0.3 is 0 Å². The van der Waals surface area contributed by atoms with Crippen LogP contribution in [0.2, 0.25) is 0 Å². The summed E-state index contributed by atoms with van der Waals surface area (Å²) in [6.45, 7) is 3.99. The second-order valence-electron chi connectivity index (χ2n) is 9.27. The number of hydrogen-bond acceptors (Lipinski definition) is 7. The van der Waals surface area contributed by atoms with E-state index in [0.717, 1.165) is 4.57 Å². The zero-order valence-electron chi connectivity index (χ0n) is 22.0. The Hall–Kier alpha value is -4.18. The maximum atomic E-state index is 14.1. The molecule has 10 heteroatoms. The average Bonchev–Trinajstić information content (AvgIpc) is 2.91. The van der Waals surface area contributed by atoms with Crippen LogP contribution in [0.4, 0.5) is 4.39 Å². The van der Waals surface area contributed by atoms with Crippen LogP contribution in [0, 0.1) is 11.7 Å². The summed E-state index contributed by atoms with van der Waals surface area (Å²) in [5.41, 5.74) is -0.176. The van der Waals surface area contributed by atoms with Crippen molar-refractivity contribution in [1.82, 2.24) is 9.55 Å². The van der Waals surface area contributed by atoms with Gasteiger partial charge in [0.25, 0.3) is 5.56 Å². The van der Waals surface area contributed by atoms with Crippen LogP contribution in [0.5, 0.6) is 17.4 Å². The highest BCUT2D eigenvalue weighted by molar-refractivity contribution is 7.91. The molecule has 0 atom stereocenters. The molecule has 4 aromatic rings. The molecular weight excluding hydrogens is 523 g/mol. The smallest absolute Gasteiger partial charge is 0.281 e. The average molecular weight is 553 g/mol. The van der Waals surface area contributed by atoms with Crippen LogP contribution in [0.25, 0.3) is 16.8 Å². The summed E-state index contributed by atoms with van der Waals surface area (Å²) in [6, 6.07) is 16.2. The second kappa shape index (κ2) is 11.3. The molecule has 0 unspecified atom stereocenters. The number of sulfone groups is 1. The van der Waals surface area contributed by atoms with Gasteiger partial charge in [-0.05, 0) is 48.2 Å². The van der Waals surface area contributed by atoms with E-state index in [9.17, 15) is 22.7 Å². The first kappa shape index (κ1) is 27.8. The zero-order valence-corrected chi connectivity index (χ0v) is 22.8. The number of halogens is 1. The highest BCUT2D eigenvalue weighted by Crippen LogP contribution is 2.36. The summed E-state index contributed by atoms with van der Waals surface area (Å²) in [5, 5.41) is 10.9. The van der Waals surface area contributed by atoms with Crippen LogP contribution in [0.15, 0.2) is 81.3 Å². The number of hydrogen-bond donors (Lipinski definition) is 1. The molecular formula is C29H29FN2O6S. The fraction of sp³-hybridized carbons (Fsp3) is 0.241. The molecule has 0 radical (unpaired) electrons. The van der Waals surface area contributed by atoms with Crippen LogP contribution < -0.4 is 15.0 Å². The lowest BCUT2D eigenvalue weighted by Crippen LogP contribution is -2.30. The van der Waals surface area contributed by atoms with Gasteiger partial charge in [-0.25, -0.2) is 12.8 Å². The first-order valence-corrected chi connectivity index (χ1v) is 13.7. The quantitative estimate of drug-likeness (QED) is 0.305. The number of rotatable bonds is 9. The van der Waals surface area contributed by atoms with Crippen LogP contribution in [0.3, 0.4) is 0 Å². The topological polar surface area (TPSA) is 108 Å². The Morgan fingerprint density at radius 1 is 0.949 bits per heavy atom. The molecule has 1 heterocycles. The third-order valence-corrected chi connectivity index (χ3v) is 8.09. The molecule has 4 rings (SSSR count). The van der Waals surface area contributed by atoms with E-state index < -0.39 is 32.0 Å². The van der Waals surface area contributed by atoms with E-state index in [4.69, 9.17) is 9.47 Å². The summed E-state index contributed by atoms with van der Waals surface area (Å²) in [6.07, 6.45) is 0.886. The highest BCUT2D eigenvalue weighted by Gasteiger charge is 2.33. The van der Waals surface area contributed by atoms with Crippen molar-refractivity contribution in [2.45, 2.75) is 36.5 Å². The zero-order chi connectivity index (χ0) is 28.3. The molecule has 0 aliphatic heterocycles. The maximum absolute atomic E-state index is 14.1. The molecule has 0 spiro atoms. The molecule has 8 nitrogen and oxygen atoms in total. The lowest BCUT2D eigenvalue weighted by Gasteiger charge is -2.20. The first-order chi connectivity index (χ1) is 18.6. The van der Waals surface area contributed by atoms with Crippen LogP contribution in [0.1, 0.15) is 26.1 Å². The minimum atomic E-state index is -4.63. The first-order valence-electron chi connectivity index (χ1n) is 12.3. The highest BCUT2D eigenvalue weighted by atomic mass is 32.2. The molecule has 0 amide bonds. The number of nitrogens with zero attached hydrogens (tertiary/aromatic N) is 2. The van der Waals surface area contributed by atoms with Crippen molar-refractivity contribution >= 4 is 9.84 Å². The van der Waals surface area contributed by atoms with Gasteiger partial charge in [0.05, 0.1) is 19.1 Å². The van der Waals surface area contributed by atoms with E-state index >= 15 is 0 Å². The van der Waals surface area contributed by atoms with Crippen molar-refractivity contribution in [3.63, 3.8) is 0 Å². The Bertz CT molecular complexity index is 1640. The minimum absolute atomic E-state index is 0.153. The predicted octanol–water partition coefficient (Wildman–Crippen LogP) is 5.18. The van der Waals surface area contributed by atoms with Gasteiger partial charge in [0.15, 0.2) is 4.90 Å². The molecule has 0 aliphatic rings. The Morgan fingerprint density at radius 3 is 2.15 bits per heavy atom. The molecule has 0 bridgehead atoms. The molecule has 0 saturated heterocycles. The Morgan fingerprint density at radius 2 is 1.56 bits per heavy atom. The fourth-order valence-corrected chi connectivity index (χ4v) is 5.88. The number of aryl methyl sites for hydroxylation is 1. The van der Waals surface area contributed by atoms with Crippen molar-refractivity contribution in [1.29, 1.82) is 0 Å². The molecule has 39 heavy (non-hydrogen) atoms. The maximum Gasteiger partial charge on any atom is 0.281 e. The second-order valence-corrected chi connectivity index (χ2v) is 11.1. The molecule has 0 fully saturated rings. The van der Waals surface area contributed by atoms with Gasteiger partial charge in [-0.3, -0.25) is 9.36 Å². The third kappa shape index (κ3) is 5.37. The van der Waals surface area contributed by atoms with E-state index in [0.29, 0.717) is 12.0 Å². The molecule has 1 aromatic heterocycles. The Balaban J connectivity index is 2.04. The van der Waals surface area contributed by atoms with Crippen molar-refractivity contribution in [3.8, 4) is 34.2 Å². The summed E-state index contributed by atoms with van der Waals surface area (Å²) in [4.78, 5) is 17.2. The van der Waals surface area contributed by atoms with Crippen molar-refractivity contribution in [2.75, 3.05) is 14.2 Å². The minimum Gasteiger partial charge on any atom is -0.494 e. The van der Waals surface area contributed by atoms with Crippen molar-refractivity contribution in [3.05, 3.63) is 88.7 Å². The monoisotopic (exact) mass is 552 g/mol. The van der Waals surface area contributed by atoms with Gasteiger partial charge in [-0.15, -0.1) is 0 Å². The largest absolute Gasteiger partial charge is 0.494 e. The van der Waals surface area contributed by atoms with Gasteiger partial charge in [-0.2, -0.15) is 4.98 Å². The Labute approximate surface area is 226 Å². The summed E-state index contributed by atoms with van der Waals surface area (Å²) < 4.78 is 53.8. The summed E-state index contributed by atoms with van der Waals surface area (Å²) in [5.74, 6) is -0.484. The number of ether oxygens (including phenoxy) is 2. The van der Waals surface area contributed by atoms with E-state index in [1.165, 1.54) is 50.6 Å². The lowest BCUT2D eigenvalue weighted by molar-refractivity contribution is 0.386. The molecule has 3 aromatic carbocycles. The van der Waals surface area contributed by atoms with Crippen LogP contribution >= 0.6 is 0 Å². The predicted molar refractivity (Wildman–Crippen MR) is 145 cm³/mol. The van der Waals surface area contributed by atoms with Gasteiger partial charge < -0.3 is 14.6 Å². The van der Waals surface area contributed by atoms with E-state index in [1.54, 1.807) is 30.3 Å². The molecule has 204 valence electrons. The SMILES string of the molecule is COc1cccc(OC)c1-n1c(CCC(C)C)nc(O)c(S(=O)(=O)c2ccccc2-c2ccc(F)cc2)c1=O. The van der Waals surface area contributed by atoms with Gasteiger partial charge in [0.1, 0.15) is 28.8 Å². The van der Waals surface area contributed by atoms with Gasteiger partial charge in [0, 0.05) is 12.0 Å². The standard InChI is InChI=1S/C29H29FN2O6S/c1-18(2)12-17-25-31-28(33)27(29(34)32(25)26-22(37-3)9-7-10-23(26)38-4)39(35,36)24-11-6-5-8-21(24)19-13-15-20(30)16-14-19/h5-11,13-16,18,33H,12,17H2,1-4H3. The number of para-hydroxylation sites is 1.